The Labute approximate surface area is 135 Å². The molecular weight excluding hydrogens is 288 g/mol. The van der Waals surface area contributed by atoms with Crippen LogP contribution >= 0.6 is 0 Å². The number of fused-ring (bicyclic) bond motifs is 2. The van der Waals surface area contributed by atoms with Crippen molar-refractivity contribution >= 4 is 5.91 Å². The van der Waals surface area contributed by atoms with E-state index in [0.29, 0.717) is 24.9 Å². The number of nitrogens with zero attached hydrogens (tertiary/aromatic N) is 2. The molecule has 23 heavy (non-hydrogen) atoms. The molecule has 3 atom stereocenters. The lowest BCUT2D eigenvalue weighted by molar-refractivity contribution is -0.138. The van der Waals surface area contributed by atoms with Gasteiger partial charge in [0, 0.05) is 24.9 Å². The number of hydrogen-bond acceptors (Lipinski definition) is 3. The van der Waals surface area contributed by atoms with E-state index >= 15 is 0 Å². The van der Waals surface area contributed by atoms with Gasteiger partial charge in [-0.1, -0.05) is 18.2 Å². The van der Waals surface area contributed by atoms with Gasteiger partial charge in [0.25, 0.3) is 0 Å². The van der Waals surface area contributed by atoms with Gasteiger partial charge in [-0.15, -0.1) is 0 Å². The van der Waals surface area contributed by atoms with Crippen molar-refractivity contribution in [2.75, 3.05) is 0 Å². The standard InChI is InChI=1S/C19H20N2O2/c22-19(18-10-14-5-6-16(18)9-14)21(13-17-4-2-8-23-17)12-15-3-1-7-20-11-15/h1-8,11,14,16,18H,9-10,12-13H2. The van der Waals surface area contributed by atoms with Crippen LogP contribution in [0.1, 0.15) is 24.2 Å². The third-order valence-electron chi connectivity index (χ3n) is 4.93. The van der Waals surface area contributed by atoms with Gasteiger partial charge >= 0.3 is 0 Å². The van der Waals surface area contributed by atoms with Crippen LogP contribution in [-0.4, -0.2) is 15.8 Å². The van der Waals surface area contributed by atoms with Crippen molar-refractivity contribution in [1.29, 1.82) is 0 Å². The number of allylic oxidation sites excluding steroid dienone is 2. The predicted molar refractivity (Wildman–Crippen MR) is 86.0 cm³/mol. The maximum Gasteiger partial charge on any atom is 0.227 e. The fraction of sp³-hybridized carbons (Fsp3) is 0.368. The van der Waals surface area contributed by atoms with Gasteiger partial charge in [0.2, 0.25) is 5.91 Å². The second-order valence-electron chi connectivity index (χ2n) is 6.52. The Bertz CT molecular complexity index is 693. The average molecular weight is 308 g/mol. The SMILES string of the molecule is O=C(C1CC2C=CC1C2)N(Cc1cccnc1)Cc1ccco1. The predicted octanol–water partition coefficient (Wildman–Crippen LogP) is 3.42. The number of pyridine rings is 1. The number of furan rings is 1. The summed E-state index contributed by atoms with van der Waals surface area (Å²) in [6.07, 6.45) is 11.9. The van der Waals surface area contributed by atoms with E-state index in [2.05, 4.69) is 17.1 Å². The highest BCUT2D eigenvalue weighted by Crippen LogP contribution is 2.44. The molecule has 1 fully saturated rings. The highest BCUT2D eigenvalue weighted by atomic mass is 16.3. The van der Waals surface area contributed by atoms with E-state index in [1.165, 1.54) is 0 Å². The van der Waals surface area contributed by atoms with E-state index in [1.807, 2.05) is 35.4 Å². The van der Waals surface area contributed by atoms with Gasteiger partial charge in [0.15, 0.2) is 0 Å². The molecule has 1 saturated carbocycles. The van der Waals surface area contributed by atoms with Gasteiger partial charge in [-0.2, -0.15) is 0 Å². The number of carbonyl (C=O) groups is 1. The fourth-order valence-corrected chi connectivity index (χ4v) is 3.81. The summed E-state index contributed by atoms with van der Waals surface area (Å²) in [5.74, 6) is 2.19. The fourth-order valence-electron chi connectivity index (χ4n) is 3.81. The van der Waals surface area contributed by atoms with Crippen LogP contribution in [0, 0.1) is 17.8 Å². The lowest BCUT2D eigenvalue weighted by Crippen LogP contribution is -2.36. The molecule has 3 unspecified atom stereocenters. The van der Waals surface area contributed by atoms with E-state index < -0.39 is 0 Å². The minimum Gasteiger partial charge on any atom is -0.467 e. The molecule has 2 heterocycles. The normalized spacial score (nSPS) is 25.0. The zero-order valence-corrected chi connectivity index (χ0v) is 13.0. The van der Waals surface area contributed by atoms with Gasteiger partial charge in [-0.05, 0) is 48.4 Å². The largest absolute Gasteiger partial charge is 0.467 e. The molecule has 0 spiro atoms. The van der Waals surface area contributed by atoms with Crippen LogP contribution in [0.5, 0.6) is 0 Å². The molecule has 118 valence electrons. The lowest BCUT2D eigenvalue weighted by Gasteiger charge is -2.27. The monoisotopic (exact) mass is 308 g/mol. The first-order chi connectivity index (χ1) is 11.3. The first kappa shape index (κ1) is 14.2. The molecule has 0 saturated heterocycles. The minimum atomic E-state index is 0.122. The first-order valence-corrected chi connectivity index (χ1v) is 8.18. The van der Waals surface area contributed by atoms with Crippen LogP contribution in [-0.2, 0) is 17.9 Å². The molecule has 1 amide bonds. The number of hydrogen-bond donors (Lipinski definition) is 0. The maximum atomic E-state index is 13.1. The van der Waals surface area contributed by atoms with Gasteiger partial charge in [-0.25, -0.2) is 0 Å². The molecule has 2 aromatic rings. The minimum absolute atomic E-state index is 0.122. The molecule has 0 aromatic carbocycles. The molecule has 4 heteroatoms. The maximum absolute atomic E-state index is 13.1. The zero-order valence-electron chi connectivity index (χ0n) is 13.0. The third-order valence-corrected chi connectivity index (χ3v) is 4.93. The van der Waals surface area contributed by atoms with E-state index in [0.717, 1.165) is 24.2 Å². The second kappa shape index (κ2) is 6.03. The van der Waals surface area contributed by atoms with Gasteiger partial charge in [0.05, 0.1) is 12.8 Å². The molecular formula is C19H20N2O2. The van der Waals surface area contributed by atoms with Crippen molar-refractivity contribution in [3.63, 3.8) is 0 Å². The summed E-state index contributed by atoms with van der Waals surface area (Å²) >= 11 is 0. The smallest absolute Gasteiger partial charge is 0.227 e. The molecule has 2 aromatic heterocycles. The van der Waals surface area contributed by atoms with E-state index in [1.54, 1.807) is 12.5 Å². The van der Waals surface area contributed by atoms with E-state index in [-0.39, 0.29) is 11.8 Å². The second-order valence-corrected chi connectivity index (χ2v) is 6.52. The van der Waals surface area contributed by atoms with Crippen LogP contribution in [0.3, 0.4) is 0 Å². The van der Waals surface area contributed by atoms with Crippen molar-refractivity contribution in [2.24, 2.45) is 17.8 Å². The topological polar surface area (TPSA) is 46.3 Å². The Morgan fingerprint density at radius 3 is 2.83 bits per heavy atom. The molecule has 4 nitrogen and oxygen atoms in total. The van der Waals surface area contributed by atoms with E-state index in [9.17, 15) is 4.79 Å². The molecule has 2 aliphatic rings. The van der Waals surface area contributed by atoms with Gasteiger partial charge in [0.1, 0.15) is 5.76 Å². The van der Waals surface area contributed by atoms with Crippen molar-refractivity contribution in [2.45, 2.75) is 25.9 Å². The van der Waals surface area contributed by atoms with Crippen LogP contribution in [0.2, 0.25) is 0 Å². The Hall–Kier alpha value is -2.36. The van der Waals surface area contributed by atoms with Crippen LogP contribution < -0.4 is 0 Å². The third kappa shape index (κ3) is 2.93. The van der Waals surface area contributed by atoms with Crippen LogP contribution in [0.15, 0.2) is 59.5 Å². The summed E-state index contributed by atoms with van der Waals surface area (Å²) in [4.78, 5) is 19.2. The highest BCUT2D eigenvalue weighted by Gasteiger charge is 2.41. The molecule has 4 rings (SSSR count). The Morgan fingerprint density at radius 1 is 1.22 bits per heavy atom. The Balaban J connectivity index is 1.54. The lowest BCUT2D eigenvalue weighted by atomic mass is 9.92. The summed E-state index contributed by atoms with van der Waals surface area (Å²) in [5.41, 5.74) is 1.05. The molecule has 2 aliphatic carbocycles. The Morgan fingerprint density at radius 2 is 2.17 bits per heavy atom. The highest BCUT2D eigenvalue weighted by molar-refractivity contribution is 5.80. The summed E-state index contributed by atoms with van der Waals surface area (Å²) in [6, 6.07) is 7.70. The van der Waals surface area contributed by atoms with Crippen LogP contribution in [0.4, 0.5) is 0 Å². The van der Waals surface area contributed by atoms with Crippen molar-refractivity contribution in [3.8, 4) is 0 Å². The summed E-state index contributed by atoms with van der Waals surface area (Å²) in [6.45, 7) is 1.09. The van der Waals surface area contributed by atoms with Gasteiger partial charge < -0.3 is 9.32 Å². The van der Waals surface area contributed by atoms with Crippen molar-refractivity contribution in [3.05, 3.63) is 66.4 Å². The van der Waals surface area contributed by atoms with Gasteiger partial charge in [-0.3, -0.25) is 9.78 Å². The summed E-state index contributed by atoms with van der Waals surface area (Å²) in [7, 11) is 0. The average Bonchev–Trinajstić information content (AvgIpc) is 3.32. The number of carbonyl (C=O) groups excluding carboxylic acids is 1. The van der Waals surface area contributed by atoms with Crippen molar-refractivity contribution < 1.29 is 9.21 Å². The molecule has 2 bridgehead atoms. The molecule has 0 N–H and O–H groups in total. The van der Waals surface area contributed by atoms with Crippen LogP contribution in [0.25, 0.3) is 0 Å². The first-order valence-electron chi connectivity index (χ1n) is 8.18. The number of amides is 1. The molecule has 0 radical (unpaired) electrons. The number of aromatic nitrogens is 1. The van der Waals surface area contributed by atoms with Crippen molar-refractivity contribution in [1.82, 2.24) is 9.88 Å². The summed E-state index contributed by atoms with van der Waals surface area (Å²) in [5, 5.41) is 0. The number of rotatable bonds is 5. The quantitative estimate of drug-likeness (QED) is 0.795. The summed E-state index contributed by atoms with van der Waals surface area (Å²) < 4.78 is 5.45. The van der Waals surface area contributed by atoms with E-state index in [4.69, 9.17) is 4.42 Å². The molecule has 0 aliphatic heterocycles. The Kier molecular flexibility index (Phi) is 3.74. The zero-order chi connectivity index (χ0) is 15.6.